The Bertz CT molecular complexity index is 1870. The number of hydrogen-bond donors (Lipinski definition) is 8. The molecule has 10 N–H and O–H groups in total. The van der Waals surface area contributed by atoms with E-state index < -0.39 is 158 Å². The molecule has 0 spiro atoms. The van der Waals surface area contributed by atoms with E-state index in [9.17, 15) is 63.0 Å². The van der Waals surface area contributed by atoms with Crippen molar-refractivity contribution < 1.29 is 63.0 Å². The second-order valence-electron chi connectivity index (χ2n) is 17.1. The van der Waals surface area contributed by atoms with Crippen LogP contribution in [-0.2, 0) is 59.2 Å². The lowest BCUT2D eigenvalue weighted by atomic mass is 9.87. The number of phenolic OH excluding ortho intramolecular Hbond substituents is 1. The Morgan fingerprint density at radius 3 is 2.09 bits per heavy atom. The highest BCUT2D eigenvalue weighted by molar-refractivity contribution is 5.99. The van der Waals surface area contributed by atoms with E-state index in [1.165, 1.54) is 19.2 Å². The van der Waals surface area contributed by atoms with Gasteiger partial charge in [-0.3, -0.25) is 52.7 Å². The summed E-state index contributed by atoms with van der Waals surface area (Å²) in [4.78, 5) is 146. The molecule has 7 atom stereocenters. The van der Waals surface area contributed by atoms with Crippen LogP contribution in [0.25, 0.3) is 0 Å². The average Bonchev–Trinajstić information content (AvgIpc) is 3.22. The van der Waals surface area contributed by atoms with Gasteiger partial charge in [-0.25, -0.2) is 0 Å². The zero-order valence-electron chi connectivity index (χ0n) is 37.3. The van der Waals surface area contributed by atoms with Crippen molar-refractivity contribution in [2.75, 3.05) is 33.3 Å². The Balaban J connectivity index is 2.51. The van der Waals surface area contributed by atoms with Gasteiger partial charge in [-0.15, -0.1) is 0 Å². The molecule has 1 aromatic carbocycles. The number of phenols is 1. The van der Waals surface area contributed by atoms with Gasteiger partial charge in [0.05, 0.1) is 50.7 Å². The first-order valence-corrected chi connectivity index (χ1v) is 21.5. The minimum Gasteiger partial charge on any atom is -0.508 e. The zero-order chi connectivity index (χ0) is 48.3. The number of ketones is 4. The highest BCUT2D eigenvalue weighted by Gasteiger charge is 2.36. The number of benzene rings is 1. The van der Waals surface area contributed by atoms with Crippen molar-refractivity contribution in [2.24, 2.45) is 47.0 Å². The average molecular weight is 900 g/mol. The molecule has 354 valence electrons. The molecule has 0 bridgehead atoms. The fraction of sp³-hybridized carbons (Fsp3) is 0.614. The van der Waals surface area contributed by atoms with Crippen LogP contribution in [0, 0.1) is 35.5 Å². The third-order valence-corrected chi connectivity index (χ3v) is 11.1. The minimum atomic E-state index is -1.64. The molecule has 2 rings (SSSR count). The molecule has 20 heteroatoms. The minimum absolute atomic E-state index is 0.00481. The number of amides is 7. The first kappa shape index (κ1) is 54.1. The number of nitrogens with one attached hydrogen (secondary N) is 4. The number of primary amides is 2. The van der Waals surface area contributed by atoms with Crippen LogP contribution >= 0.6 is 0 Å². The molecule has 20 nitrogen and oxygen atoms in total. The molecule has 0 saturated carbocycles. The number of carbonyl (C=O) groups excluding carboxylic acids is 11. The number of aliphatic hydroxyl groups excluding tert-OH is 1. The topological polar surface area (TPSA) is 332 Å². The predicted molar refractivity (Wildman–Crippen MR) is 230 cm³/mol. The van der Waals surface area contributed by atoms with Gasteiger partial charge in [0, 0.05) is 56.9 Å². The Morgan fingerprint density at radius 2 is 1.52 bits per heavy atom. The van der Waals surface area contributed by atoms with Gasteiger partial charge < -0.3 is 47.8 Å². The van der Waals surface area contributed by atoms with Crippen molar-refractivity contribution in [2.45, 2.75) is 104 Å². The number of aliphatic hydroxyl groups is 1. The summed E-state index contributed by atoms with van der Waals surface area (Å²) in [6.45, 7) is 4.75. The van der Waals surface area contributed by atoms with E-state index in [2.05, 4.69) is 21.3 Å². The zero-order valence-corrected chi connectivity index (χ0v) is 37.3. The Morgan fingerprint density at radius 1 is 0.875 bits per heavy atom. The first-order chi connectivity index (χ1) is 30.0. The quantitative estimate of drug-likeness (QED) is 0.0945. The van der Waals surface area contributed by atoms with E-state index in [0.717, 1.165) is 4.90 Å². The van der Waals surface area contributed by atoms with Crippen LogP contribution in [0.4, 0.5) is 0 Å². The highest BCUT2D eigenvalue weighted by Crippen LogP contribution is 2.22. The lowest BCUT2D eigenvalue weighted by Gasteiger charge is -2.28. The van der Waals surface area contributed by atoms with Crippen LogP contribution in [0.3, 0.4) is 0 Å². The summed E-state index contributed by atoms with van der Waals surface area (Å²) >= 11 is 0. The molecule has 1 aliphatic rings. The third-order valence-electron chi connectivity index (χ3n) is 11.1. The molecule has 0 aromatic heterocycles. The van der Waals surface area contributed by atoms with Gasteiger partial charge in [-0.05, 0) is 48.8 Å². The highest BCUT2D eigenvalue weighted by atomic mass is 16.3. The van der Waals surface area contributed by atoms with Gasteiger partial charge in [0.2, 0.25) is 41.4 Å². The summed E-state index contributed by atoms with van der Waals surface area (Å²) in [6, 6.07) is 3.11. The molecule has 0 radical (unpaired) electrons. The SMILES string of the molecule is CC[C@H](C)[C@@H]1NC(=O)[C@H](Cc2ccc(O)cc2)CC(=O)CNC(=O)CC[C@@H](C(=O)N(C)CC(=O)C[C@@H](CC(C)C)C(=O)NCC(N)=O)CC(=O)[C@H](CC(N)=O)NC(=O)[C@H](CO)CC1=O. The van der Waals surface area contributed by atoms with Gasteiger partial charge in [0.15, 0.2) is 23.1 Å². The van der Waals surface area contributed by atoms with E-state index in [4.69, 9.17) is 11.5 Å². The Labute approximate surface area is 372 Å². The third kappa shape index (κ3) is 18.7. The van der Waals surface area contributed by atoms with Crippen molar-refractivity contribution in [1.82, 2.24) is 26.2 Å². The van der Waals surface area contributed by atoms with Crippen LogP contribution in [0.15, 0.2) is 24.3 Å². The molecular weight excluding hydrogens is 835 g/mol. The van der Waals surface area contributed by atoms with Gasteiger partial charge in [-0.2, -0.15) is 0 Å². The summed E-state index contributed by atoms with van der Waals surface area (Å²) in [5.74, 6) is -13.4. The lowest BCUT2D eigenvalue weighted by molar-refractivity contribution is -0.141. The second kappa shape index (κ2) is 26.5. The van der Waals surface area contributed by atoms with Crippen LogP contribution in [0.5, 0.6) is 5.75 Å². The molecule has 1 fully saturated rings. The normalized spacial score (nSPS) is 22.0. The van der Waals surface area contributed by atoms with E-state index in [0.29, 0.717) is 12.0 Å². The molecule has 0 aliphatic carbocycles. The molecule has 64 heavy (non-hydrogen) atoms. The Hall–Kier alpha value is -6.05. The van der Waals surface area contributed by atoms with Crippen molar-refractivity contribution in [3.8, 4) is 5.75 Å². The molecule has 1 heterocycles. The van der Waals surface area contributed by atoms with Crippen LogP contribution in [-0.4, -0.2) is 125 Å². The maximum atomic E-state index is 14.0. The maximum Gasteiger partial charge on any atom is 0.236 e. The summed E-state index contributed by atoms with van der Waals surface area (Å²) in [5.41, 5.74) is 11.2. The largest absolute Gasteiger partial charge is 0.508 e. The summed E-state index contributed by atoms with van der Waals surface area (Å²) < 4.78 is 0. The lowest BCUT2D eigenvalue weighted by Crippen LogP contribution is -2.51. The second-order valence-corrected chi connectivity index (χ2v) is 17.1. The number of rotatable bonds is 17. The molecule has 1 saturated heterocycles. The van der Waals surface area contributed by atoms with Crippen molar-refractivity contribution in [3.63, 3.8) is 0 Å². The summed E-state index contributed by atoms with van der Waals surface area (Å²) in [5, 5.41) is 30.0. The summed E-state index contributed by atoms with van der Waals surface area (Å²) in [6.07, 6.45) is -2.76. The Kier molecular flexibility index (Phi) is 22.4. The number of nitrogens with two attached hydrogens (primary N) is 2. The molecule has 7 amide bonds. The van der Waals surface area contributed by atoms with E-state index in [1.807, 2.05) is 13.8 Å². The molecule has 1 aliphatic heterocycles. The predicted octanol–water partition coefficient (Wildman–Crippen LogP) is -0.864. The smallest absolute Gasteiger partial charge is 0.236 e. The molecule has 0 unspecified atom stereocenters. The van der Waals surface area contributed by atoms with Crippen molar-refractivity contribution in [3.05, 3.63) is 29.8 Å². The number of nitrogens with zero attached hydrogens (tertiary/aromatic N) is 1. The maximum absolute atomic E-state index is 14.0. The van der Waals surface area contributed by atoms with E-state index in [1.54, 1.807) is 26.0 Å². The van der Waals surface area contributed by atoms with Crippen LogP contribution in [0.2, 0.25) is 0 Å². The van der Waals surface area contributed by atoms with Gasteiger partial charge >= 0.3 is 0 Å². The van der Waals surface area contributed by atoms with Crippen molar-refractivity contribution in [1.29, 1.82) is 0 Å². The van der Waals surface area contributed by atoms with Gasteiger partial charge in [-0.1, -0.05) is 46.2 Å². The standard InChI is InChI=1S/C44H65N7O13/c1-6-25(4)40-36(57)18-30(23-52)43(63)49-34(19-37(45)58)35(56)17-27(44(64)51(5)22-33(55)16-28(13-24(2)3)41(61)48-21-38(46)59)9-12-39(60)47-20-32(54)15-29(42(62)50-40)14-26-7-10-31(53)11-8-26/h7-8,10-11,24-25,27-30,34,40,52-53H,6,9,12-23H2,1-5H3,(H2,45,58)(H2,46,59)(H,47,60)(H,48,61)(H,49,63)(H,50,62)/t25-,27+,28+,29+,30-,34-,40-/m0/s1. The van der Waals surface area contributed by atoms with E-state index >= 15 is 0 Å². The van der Waals surface area contributed by atoms with Gasteiger partial charge in [0.1, 0.15) is 5.75 Å². The molecular formula is C44H65N7O13. The number of Topliss-reactive ketones (excluding diaryl/α,β-unsaturated/α-hetero) is 4. The summed E-state index contributed by atoms with van der Waals surface area (Å²) in [7, 11) is 1.27. The number of aromatic hydroxyl groups is 1. The monoisotopic (exact) mass is 899 g/mol. The number of hydrogen-bond acceptors (Lipinski definition) is 13. The molecule has 1 aromatic rings. The fourth-order valence-electron chi connectivity index (χ4n) is 7.37. The van der Waals surface area contributed by atoms with Crippen LogP contribution < -0.4 is 32.7 Å². The number of carbonyl (C=O) groups is 11. The van der Waals surface area contributed by atoms with Gasteiger partial charge in [0.25, 0.3) is 0 Å². The first-order valence-electron chi connectivity index (χ1n) is 21.5. The van der Waals surface area contributed by atoms with E-state index in [-0.39, 0.29) is 43.8 Å². The number of likely N-dealkylation sites (N-methyl/N-ethyl adjacent to an activating group) is 1. The fourth-order valence-corrected chi connectivity index (χ4v) is 7.37. The van der Waals surface area contributed by atoms with Crippen LogP contribution in [0.1, 0.15) is 91.0 Å². The van der Waals surface area contributed by atoms with Crippen molar-refractivity contribution >= 4 is 64.5 Å².